The molecule has 1 rings (SSSR count). The molecule has 0 aromatic rings. The maximum atomic E-state index is 11.2. The molecule has 0 fully saturated rings. The van der Waals surface area contributed by atoms with Crippen LogP contribution in [0.5, 0.6) is 0 Å². The molecule has 0 amide bonds. The predicted octanol–water partition coefficient (Wildman–Crippen LogP) is 2.63. The summed E-state index contributed by atoms with van der Waals surface area (Å²) >= 11 is 0. The number of rotatable bonds is 1. The lowest BCUT2D eigenvalue weighted by Crippen LogP contribution is -2.07. The van der Waals surface area contributed by atoms with Gasteiger partial charge in [-0.3, -0.25) is 4.79 Å². The number of carbonyl (C=O) groups is 1. The van der Waals surface area contributed by atoms with E-state index in [2.05, 4.69) is 0 Å². The number of hydrogen-bond donors (Lipinski definition) is 0. The van der Waals surface area contributed by atoms with E-state index in [0.717, 1.165) is 24.8 Å². The lowest BCUT2D eigenvalue weighted by Gasteiger charge is -2.12. The minimum Gasteiger partial charge on any atom is -0.295 e. The van der Waals surface area contributed by atoms with Crippen molar-refractivity contribution in [1.29, 1.82) is 0 Å². The maximum absolute atomic E-state index is 11.2. The predicted molar refractivity (Wildman–Crippen MR) is 46.4 cm³/mol. The molecule has 0 atom stereocenters. The molecule has 60 valence electrons. The average molecular weight is 150 g/mol. The van der Waals surface area contributed by atoms with Crippen molar-refractivity contribution in [3.63, 3.8) is 0 Å². The second-order valence-corrected chi connectivity index (χ2v) is 2.93. The first-order chi connectivity index (χ1) is 5.25. The van der Waals surface area contributed by atoms with E-state index in [1.165, 1.54) is 5.57 Å². The molecule has 0 unspecified atom stereocenters. The number of carbonyl (C=O) groups excluding carboxylic acids is 1. The molecule has 0 heterocycles. The average Bonchev–Trinajstić information content (AvgIpc) is 1.99. The SMILES string of the molecule is CC=CC1=C(C)C(=O)CCC1. The third-order valence-electron chi connectivity index (χ3n) is 2.12. The van der Waals surface area contributed by atoms with Crippen LogP contribution in [0.3, 0.4) is 0 Å². The zero-order valence-corrected chi connectivity index (χ0v) is 7.18. The fourth-order valence-electron chi connectivity index (χ4n) is 1.40. The highest BCUT2D eigenvalue weighted by molar-refractivity contribution is 5.96. The first kappa shape index (κ1) is 8.25. The fraction of sp³-hybridized carbons (Fsp3) is 0.500. The molecule has 1 nitrogen and oxygen atoms in total. The Balaban J connectivity index is 2.88. The monoisotopic (exact) mass is 150 g/mol. The minimum atomic E-state index is 0.323. The molecule has 0 aliphatic heterocycles. The van der Waals surface area contributed by atoms with E-state index in [1.54, 1.807) is 0 Å². The maximum Gasteiger partial charge on any atom is 0.158 e. The number of Topliss-reactive ketones (excluding diaryl/α,β-unsaturated/α-hetero) is 1. The molecule has 0 aromatic carbocycles. The molecule has 0 spiro atoms. The second-order valence-electron chi connectivity index (χ2n) is 2.93. The van der Waals surface area contributed by atoms with E-state index in [1.807, 2.05) is 26.0 Å². The van der Waals surface area contributed by atoms with E-state index < -0.39 is 0 Å². The van der Waals surface area contributed by atoms with Gasteiger partial charge in [-0.15, -0.1) is 0 Å². The Labute approximate surface area is 67.8 Å². The van der Waals surface area contributed by atoms with Crippen LogP contribution in [-0.4, -0.2) is 5.78 Å². The fourth-order valence-corrected chi connectivity index (χ4v) is 1.40. The molecule has 0 N–H and O–H groups in total. The molecule has 1 aliphatic rings. The van der Waals surface area contributed by atoms with Crippen LogP contribution in [0.1, 0.15) is 33.1 Å². The Hall–Kier alpha value is -0.850. The van der Waals surface area contributed by atoms with E-state index in [0.29, 0.717) is 5.78 Å². The minimum absolute atomic E-state index is 0.323. The smallest absolute Gasteiger partial charge is 0.158 e. The van der Waals surface area contributed by atoms with Gasteiger partial charge in [0, 0.05) is 6.42 Å². The summed E-state index contributed by atoms with van der Waals surface area (Å²) < 4.78 is 0. The summed E-state index contributed by atoms with van der Waals surface area (Å²) in [5.41, 5.74) is 2.19. The highest BCUT2D eigenvalue weighted by Gasteiger charge is 2.13. The van der Waals surface area contributed by atoms with Crippen molar-refractivity contribution in [2.24, 2.45) is 0 Å². The van der Waals surface area contributed by atoms with Gasteiger partial charge in [-0.1, -0.05) is 12.2 Å². The molecule has 1 heteroatoms. The van der Waals surface area contributed by atoms with Crippen molar-refractivity contribution in [1.82, 2.24) is 0 Å². The number of allylic oxidation sites excluding steroid dienone is 4. The van der Waals surface area contributed by atoms with Crippen LogP contribution in [0.4, 0.5) is 0 Å². The molecular formula is C10H14O. The summed E-state index contributed by atoms with van der Waals surface area (Å²) in [5, 5.41) is 0. The Morgan fingerprint density at radius 1 is 1.36 bits per heavy atom. The summed E-state index contributed by atoms with van der Waals surface area (Å²) in [6.07, 6.45) is 6.88. The summed E-state index contributed by atoms with van der Waals surface area (Å²) in [6.45, 7) is 3.91. The Kier molecular flexibility index (Phi) is 2.64. The van der Waals surface area contributed by atoms with Gasteiger partial charge in [0.25, 0.3) is 0 Å². The van der Waals surface area contributed by atoms with E-state index in [4.69, 9.17) is 0 Å². The van der Waals surface area contributed by atoms with Gasteiger partial charge in [0.05, 0.1) is 0 Å². The quantitative estimate of drug-likeness (QED) is 0.561. The summed E-state index contributed by atoms with van der Waals surface area (Å²) in [7, 11) is 0. The van der Waals surface area contributed by atoms with Crippen molar-refractivity contribution in [2.75, 3.05) is 0 Å². The van der Waals surface area contributed by atoms with Crippen molar-refractivity contribution in [3.8, 4) is 0 Å². The molecule has 0 radical (unpaired) electrons. The highest BCUT2D eigenvalue weighted by atomic mass is 16.1. The molecule has 0 saturated carbocycles. The second kappa shape index (κ2) is 3.51. The van der Waals surface area contributed by atoms with Crippen LogP contribution < -0.4 is 0 Å². The molecule has 1 aliphatic carbocycles. The van der Waals surface area contributed by atoms with Crippen molar-refractivity contribution in [3.05, 3.63) is 23.3 Å². The van der Waals surface area contributed by atoms with Crippen LogP contribution in [0.25, 0.3) is 0 Å². The van der Waals surface area contributed by atoms with Gasteiger partial charge >= 0.3 is 0 Å². The summed E-state index contributed by atoms with van der Waals surface area (Å²) in [5.74, 6) is 0.323. The lowest BCUT2D eigenvalue weighted by molar-refractivity contribution is -0.116. The third kappa shape index (κ3) is 1.79. The normalized spacial score (nSPS) is 20.0. The Bertz CT molecular complexity index is 221. The lowest BCUT2D eigenvalue weighted by atomic mass is 9.91. The first-order valence-corrected chi connectivity index (χ1v) is 4.11. The van der Waals surface area contributed by atoms with E-state index in [-0.39, 0.29) is 0 Å². The van der Waals surface area contributed by atoms with Crippen molar-refractivity contribution >= 4 is 5.78 Å². The topological polar surface area (TPSA) is 17.1 Å². The number of ketones is 1. The Morgan fingerprint density at radius 2 is 2.09 bits per heavy atom. The molecular weight excluding hydrogens is 136 g/mol. The van der Waals surface area contributed by atoms with Crippen LogP contribution >= 0.6 is 0 Å². The summed E-state index contributed by atoms with van der Waals surface area (Å²) in [6, 6.07) is 0. The molecule has 0 saturated heterocycles. The van der Waals surface area contributed by atoms with Crippen molar-refractivity contribution < 1.29 is 4.79 Å². The highest BCUT2D eigenvalue weighted by Crippen LogP contribution is 2.22. The van der Waals surface area contributed by atoms with Gasteiger partial charge in [0.15, 0.2) is 5.78 Å². The molecule has 0 aromatic heterocycles. The van der Waals surface area contributed by atoms with Gasteiger partial charge in [-0.25, -0.2) is 0 Å². The van der Waals surface area contributed by atoms with Gasteiger partial charge < -0.3 is 0 Å². The van der Waals surface area contributed by atoms with Gasteiger partial charge in [0.1, 0.15) is 0 Å². The zero-order chi connectivity index (χ0) is 8.27. The van der Waals surface area contributed by atoms with E-state index >= 15 is 0 Å². The van der Waals surface area contributed by atoms with Crippen LogP contribution in [0.15, 0.2) is 23.3 Å². The van der Waals surface area contributed by atoms with Gasteiger partial charge in [0.2, 0.25) is 0 Å². The Morgan fingerprint density at radius 3 is 2.73 bits per heavy atom. The molecule has 11 heavy (non-hydrogen) atoms. The third-order valence-corrected chi connectivity index (χ3v) is 2.12. The first-order valence-electron chi connectivity index (χ1n) is 4.11. The molecule has 0 bridgehead atoms. The van der Waals surface area contributed by atoms with Crippen molar-refractivity contribution in [2.45, 2.75) is 33.1 Å². The van der Waals surface area contributed by atoms with Crippen LogP contribution in [0.2, 0.25) is 0 Å². The standard InChI is InChI=1S/C10H14O/c1-3-5-9-6-4-7-10(11)8(9)2/h3,5H,4,6-7H2,1-2H3. The summed E-state index contributed by atoms with van der Waals surface area (Å²) in [4.78, 5) is 11.2. The van der Waals surface area contributed by atoms with Gasteiger partial charge in [-0.05, 0) is 37.8 Å². The van der Waals surface area contributed by atoms with E-state index in [9.17, 15) is 4.79 Å². The largest absolute Gasteiger partial charge is 0.295 e. The number of hydrogen-bond acceptors (Lipinski definition) is 1. The van der Waals surface area contributed by atoms with Gasteiger partial charge in [-0.2, -0.15) is 0 Å². The van der Waals surface area contributed by atoms with Crippen LogP contribution in [0, 0.1) is 0 Å². The zero-order valence-electron chi connectivity index (χ0n) is 7.18. The van der Waals surface area contributed by atoms with Crippen LogP contribution in [-0.2, 0) is 4.79 Å².